The normalized spacial score (nSPS) is 14.6. The van der Waals surface area contributed by atoms with E-state index in [1.54, 1.807) is 19.2 Å². The third-order valence-electron chi connectivity index (χ3n) is 2.82. The van der Waals surface area contributed by atoms with Crippen molar-refractivity contribution in [1.82, 2.24) is 5.32 Å². The van der Waals surface area contributed by atoms with Crippen LogP contribution >= 0.6 is 0 Å². The maximum absolute atomic E-state index is 11.4. The van der Waals surface area contributed by atoms with Crippen LogP contribution in [0.4, 0.5) is 11.4 Å². The Kier molecular flexibility index (Phi) is 2.99. The van der Waals surface area contributed by atoms with Crippen molar-refractivity contribution in [3.63, 3.8) is 0 Å². The molecule has 0 heterocycles. The number of amides is 1. The topological polar surface area (TPSA) is 67.2 Å². The number of nitrogens with two attached hydrogens (primary N) is 1. The molecule has 0 aromatic heterocycles. The van der Waals surface area contributed by atoms with Crippen LogP contribution in [-0.2, 0) is 0 Å². The fraction of sp³-hybridized carbons (Fsp3) is 0.417. The van der Waals surface area contributed by atoms with Gasteiger partial charge in [0.05, 0.1) is 11.4 Å². The van der Waals surface area contributed by atoms with Crippen molar-refractivity contribution < 1.29 is 4.79 Å². The lowest BCUT2D eigenvalue weighted by molar-refractivity contribution is 0.0963. The molecule has 1 amide bonds. The van der Waals surface area contributed by atoms with Crippen LogP contribution in [0, 0.1) is 5.92 Å². The molecule has 16 heavy (non-hydrogen) atoms. The quantitative estimate of drug-likeness (QED) is 0.671. The largest absolute Gasteiger partial charge is 0.397 e. The average Bonchev–Trinajstić information content (AvgIpc) is 3.10. The second-order valence-electron chi connectivity index (χ2n) is 4.21. The lowest BCUT2D eigenvalue weighted by atomic mass is 10.1. The number of hydrogen-bond donors (Lipinski definition) is 3. The number of benzene rings is 1. The highest BCUT2D eigenvalue weighted by Crippen LogP contribution is 2.30. The van der Waals surface area contributed by atoms with E-state index in [9.17, 15) is 4.79 Å². The van der Waals surface area contributed by atoms with E-state index < -0.39 is 0 Å². The summed E-state index contributed by atoms with van der Waals surface area (Å²) in [5, 5.41) is 5.88. The first-order valence-electron chi connectivity index (χ1n) is 5.56. The predicted octanol–water partition coefficient (Wildman–Crippen LogP) is 1.45. The van der Waals surface area contributed by atoms with Gasteiger partial charge < -0.3 is 16.4 Å². The first-order chi connectivity index (χ1) is 7.70. The summed E-state index contributed by atoms with van der Waals surface area (Å²) in [6, 6.07) is 5.35. The summed E-state index contributed by atoms with van der Waals surface area (Å²) in [4.78, 5) is 11.4. The van der Waals surface area contributed by atoms with E-state index in [1.165, 1.54) is 12.8 Å². The minimum Gasteiger partial charge on any atom is -0.397 e. The zero-order chi connectivity index (χ0) is 11.5. The molecular formula is C12H17N3O. The number of carbonyl (C=O) groups excluding carboxylic acids is 1. The monoisotopic (exact) mass is 219 g/mol. The molecule has 4 N–H and O–H groups in total. The molecule has 0 bridgehead atoms. The van der Waals surface area contributed by atoms with Gasteiger partial charge in [0, 0.05) is 19.2 Å². The van der Waals surface area contributed by atoms with Crippen molar-refractivity contribution in [2.45, 2.75) is 12.8 Å². The Balaban J connectivity index is 2.05. The highest BCUT2D eigenvalue weighted by atomic mass is 16.1. The predicted molar refractivity (Wildman–Crippen MR) is 65.5 cm³/mol. The Morgan fingerprint density at radius 3 is 2.81 bits per heavy atom. The van der Waals surface area contributed by atoms with Crippen LogP contribution in [0.5, 0.6) is 0 Å². The van der Waals surface area contributed by atoms with Gasteiger partial charge in [-0.15, -0.1) is 0 Å². The lowest BCUT2D eigenvalue weighted by Crippen LogP contribution is -2.18. The van der Waals surface area contributed by atoms with Gasteiger partial charge in [0.2, 0.25) is 0 Å². The van der Waals surface area contributed by atoms with E-state index >= 15 is 0 Å². The molecule has 4 nitrogen and oxygen atoms in total. The van der Waals surface area contributed by atoms with Crippen molar-refractivity contribution in [1.29, 1.82) is 0 Å². The molecule has 1 fully saturated rings. The fourth-order valence-corrected chi connectivity index (χ4v) is 1.59. The van der Waals surface area contributed by atoms with E-state index in [2.05, 4.69) is 10.6 Å². The summed E-state index contributed by atoms with van der Waals surface area (Å²) in [6.07, 6.45) is 2.62. The molecule has 0 radical (unpaired) electrons. The molecular weight excluding hydrogens is 202 g/mol. The molecule has 0 aliphatic heterocycles. The number of anilines is 2. The van der Waals surface area contributed by atoms with E-state index in [-0.39, 0.29) is 5.91 Å². The van der Waals surface area contributed by atoms with Gasteiger partial charge in [-0.3, -0.25) is 4.79 Å². The van der Waals surface area contributed by atoms with Gasteiger partial charge in [0.25, 0.3) is 5.91 Å². The van der Waals surface area contributed by atoms with Crippen molar-refractivity contribution >= 4 is 17.3 Å². The van der Waals surface area contributed by atoms with E-state index in [4.69, 9.17) is 5.73 Å². The highest BCUT2D eigenvalue weighted by Gasteiger charge is 2.20. The van der Waals surface area contributed by atoms with Gasteiger partial charge in [-0.25, -0.2) is 0 Å². The van der Waals surface area contributed by atoms with Gasteiger partial charge >= 0.3 is 0 Å². The summed E-state index contributed by atoms with van der Waals surface area (Å²) in [5.74, 6) is 0.693. The molecule has 86 valence electrons. The summed E-state index contributed by atoms with van der Waals surface area (Å²) < 4.78 is 0. The fourth-order valence-electron chi connectivity index (χ4n) is 1.59. The molecule has 0 atom stereocenters. The van der Waals surface area contributed by atoms with Gasteiger partial charge in [-0.2, -0.15) is 0 Å². The number of rotatable bonds is 4. The van der Waals surface area contributed by atoms with Crippen molar-refractivity contribution in [2.24, 2.45) is 5.92 Å². The smallest absolute Gasteiger partial charge is 0.251 e. The van der Waals surface area contributed by atoms with E-state index in [0.717, 1.165) is 18.2 Å². The zero-order valence-electron chi connectivity index (χ0n) is 9.42. The molecule has 0 unspecified atom stereocenters. The number of hydrogen-bond acceptors (Lipinski definition) is 3. The molecule has 1 aliphatic rings. The first-order valence-corrected chi connectivity index (χ1v) is 5.56. The molecule has 1 saturated carbocycles. The van der Waals surface area contributed by atoms with Crippen molar-refractivity contribution in [3.8, 4) is 0 Å². The number of nitrogens with one attached hydrogen (secondary N) is 2. The van der Waals surface area contributed by atoms with Crippen molar-refractivity contribution in [2.75, 3.05) is 24.6 Å². The molecule has 1 aromatic carbocycles. The van der Waals surface area contributed by atoms with Crippen LogP contribution in [0.25, 0.3) is 0 Å². The average molecular weight is 219 g/mol. The SMILES string of the molecule is CNC(=O)c1ccc(NCC2CC2)c(N)c1. The van der Waals surface area contributed by atoms with Crippen LogP contribution in [0.15, 0.2) is 18.2 Å². The lowest BCUT2D eigenvalue weighted by Gasteiger charge is -2.09. The minimum atomic E-state index is -0.111. The van der Waals surface area contributed by atoms with E-state index in [0.29, 0.717) is 11.3 Å². The van der Waals surface area contributed by atoms with Gasteiger partial charge in [-0.1, -0.05) is 0 Å². The molecule has 0 saturated heterocycles. The summed E-state index contributed by atoms with van der Waals surface area (Å²) in [6.45, 7) is 0.976. The van der Waals surface area contributed by atoms with Crippen LogP contribution in [-0.4, -0.2) is 19.5 Å². The summed E-state index contributed by atoms with van der Waals surface area (Å²) in [7, 11) is 1.61. The molecule has 1 aromatic rings. The van der Waals surface area contributed by atoms with Crippen LogP contribution in [0.2, 0.25) is 0 Å². The maximum Gasteiger partial charge on any atom is 0.251 e. The zero-order valence-corrected chi connectivity index (χ0v) is 9.42. The molecule has 1 aliphatic carbocycles. The standard InChI is InChI=1S/C12H17N3O/c1-14-12(16)9-4-5-11(10(13)6-9)15-7-8-2-3-8/h4-6,8,15H,2-3,7,13H2,1H3,(H,14,16). The van der Waals surface area contributed by atoms with Gasteiger partial charge in [-0.05, 0) is 37.0 Å². The highest BCUT2D eigenvalue weighted by molar-refractivity contribution is 5.95. The third-order valence-corrected chi connectivity index (χ3v) is 2.82. The Bertz CT molecular complexity index is 399. The van der Waals surface area contributed by atoms with Crippen LogP contribution < -0.4 is 16.4 Å². The number of nitrogen functional groups attached to an aromatic ring is 1. The van der Waals surface area contributed by atoms with Crippen molar-refractivity contribution in [3.05, 3.63) is 23.8 Å². The van der Waals surface area contributed by atoms with Gasteiger partial charge in [0.15, 0.2) is 0 Å². The molecule has 2 rings (SSSR count). The van der Waals surface area contributed by atoms with Crippen LogP contribution in [0.3, 0.4) is 0 Å². The second-order valence-corrected chi connectivity index (χ2v) is 4.21. The first kappa shape index (κ1) is 10.8. The van der Waals surface area contributed by atoms with Crippen LogP contribution in [0.1, 0.15) is 23.2 Å². The number of carbonyl (C=O) groups is 1. The third kappa shape index (κ3) is 2.45. The minimum absolute atomic E-state index is 0.111. The Morgan fingerprint density at radius 1 is 1.50 bits per heavy atom. The Morgan fingerprint density at radius 2 is 2.25 bits per heavy atom. The molecule has 4 heteroatoms. The van der Waals surface area contributed by atoms with E-state index in [1.807, 2.05) is 6.07 Å². The maximum atomic E-state index is 11.4. The summed E-state index contributed by atoms with van der Waals surface area (Å²) in [5.41, 5.74) is 8.02. The molecule has 0 spiro atoms. The van der Waals surface area contributed by atoms with Gasteiger partial charge in [0.1, 0.15) is 0 Å². The second kappa shape index (κ2) is 4.43. The Hall–Kier alpha value is -1.71. The Labute approximate surface area is 95.2 Å². The summed E-state index contributed by atoms with van der Waals surface area (Å²) >= 11 is 0.